The van der Waals surface area contributed by atoms with Crippen molar-refractivity contribution in [2.24, 2.45) is 0 Å². The first-order valence-corrected chi connectivity index (χ1v) is 6.74. The van der Waals surface area contributed by atoms with Crippen molar-refractivity contribution in [1.29, 1.82) is 0 Å². The molecule has 0 saturated carbocycles. The van der Waals surface area contributed by atoms with E-state index in [0.717, 1.165) is 50.3 Å². The van der Waals surface area contributed by atoms with Gasteiger partial charge in [-0.25, -0.2) is 4.98 Å². The highest BCUT2D eigenvalue weighted by Crippen LogP contribution is 2.36. The SMILES string of the molecule is COc1nc(N)c(C2CCCO2)nc1C1CCCO1. The summed E-state index contributed by atoms with van der Waals surface area (Å²) in [6.45, 7) is 1.52. The normalized spacial score (nSPS) is 26.8. The van der Waals surface area contributed by atoms with Crippen LogP contribution in [0.25, 0.3) is 0 Å². The lowest BCUT2D eigenvalue weighted by Crippen LogP contribution is -2.13. The van der Waals surface area contributed by atoms with Crippen LogP contribution in [0.5, 0.6) is 5.88 Å². The van der Waals surface area contributed by atoms with Gasteiger partial charge in [-0.1, -0.05) is 0 Å². The summed E-state index contributed by atoms with van der Waals surface area (Å²) in [4.78, 5) is 8.96. The number of nitrogen functional groups attached to an aromatic ring is 1. The highest BCUT2D eigenvalue weighted by Gasteiger charge is 2.29. The molecule has 2 saturated heterocycles. The second kappa shape index (κ2) is 5.30. The molecule has 2 atom stereocenters. The van der Waals surface area contributed by atoms with Crippen LogP contribution in [0.15, 0.2) is 0 Å². The van der Waals surface area contributed by atoms with Crippen molar-refractivity contribution in [2.45, 2.75) is 37.9 Å². The van der Waals surface area contributed by atoms with Gasteiger partial charge in [0.2, 0.25) is 5.88 Å². The Hall–Kier alpha value is -1.40. The van der Waals surface area contributed by atoms with Crippen LogP contribution in [0.3, 0.4) is 0 Å². The zero-order chi connectivity index (χ0) is 13.2. The van der Waals surface area contributed by atoms with Gasteiger partial charge >= 0.3 is 0 Å². The predicted molar refractivity (Wildman–Crippen MR) is 68.9 cm³/mol. The third-order valence-corrected chi connectivity index (χ3v) is 3.61. The fourth-order valence-electron chi connectivity index (χ4n) is 2.64. The van der Waals surface area contributed by atoms with Gasteiger partial charge in [-0.3, -0.25) is 0 Å². The molecular weight excluding hydrogens is 246 g/mol. The minimum Gasteiger partial charge on any atom is -0.480 e. The Morgan fingerprint density at radius 2 is 1.68 bits per heavy atom. The molecule has 1 aromatic heterocycles. The van der Waals surface area contributed by atoms with Gasteiger partial charge in [0.15, 0.2) is 5.82 Å². The molecule has 0 aromatic carbocycles. The molecule has 0 amide bonds. The number of methoxy groups -OCH3 is 1. The number of hydrogen-bond donors (Lipinski definition) is 1. The Kier molecular flexibility index (Phi) is 3.52. The molecule has 19 heavy (non-hydrogen) atoms. The number of hydrogen-bond acceptors (Lipinski definition) is 6. The molecule has 2 N–H and O–H groups in total. The van der Waals surface area contributed by atoms with Crippen molar-refractivity contribution in [1.82, 2.24) is 9.97 Å². The number of anilines is 1. The van der Waals surface area contributed by atoms with Gasteiger partial charge in [-0.05, 0) is 25.7 Å². The molecule has 0 aliphatic carbocycles. The number of aromatic nitrogens is 2. The molecule has 2 aliphatic heterocycles. The van der Waals surface area contributed by atoms with Crippen molar-refractivity contribution in [2.75, 3.05) is 26.1 Å². The van der Waals surface area contributed by atoms with Crippen molar-refractivity contribution in [3.8, 4) is 5.88 Å². The second-order valence-corrected chi connectivity index (χ2v) is 4.89. The number of rotatable bonds is 3. The quantitative estimate of drug-likeness (QED) is 0.897. The molecule has 0 bridgehead atoms. The summed E-state index contributed by atoms with van der Waals surface area (Å²) < 4.78 is 16.6. The maximum atomic E-state index is 5.97. The van der Waals surface area contributed by atoms with Gasteiger partial charge < -0.3 is 19.9 Å². The van der Waals surface area contributed by atoms with Crippen LogP contribution in [-0.2, 0) is 9.47 Å². The highest BCUT2D eigenvalue weighted by atomic mass is 16.5. The first-order chi connectivity index (χ1) is 9.29. The van der Waals surface area contributed by atoms with E-state index in [1.807, 2.05) is 0 Å². The van der Waals surface area contributed by atoms with Crippen LogP contribution in [0.4, 0.5) is 5.82 Å². The average Bonchev–Trinajstić information content (AvgIpc) is 3.11. The molecule has 0 radical (unpaired) electrons. The topological polar surface area (TPSA) is 79.5 Å². The first-order valence-electron chi connectivity index (χ1n) is 6.74. The third-order valence-electron chi connectivity index (χ3n) is 3.61. The van der Waals surface area contributed by atoms with Crippen LogP contribution in [0, 0.1) is 0 Å². The molecule has 1 aromatic rings. The summed E-state index contributed by atoms with van der Waals surface area (Å²) in [5.74, 6) is 0.858. The van der Waals surface area contributed by atoms with Crippen LogP contribution in [0.1, 0.15) is 49.3 Å². The Morgan fingerprint density at radius 3 is 2.21 bits per heavy atom. The average molecular weight is 265 g/mol. The third kappa shape index (κ3) is 2.37. The minimum absolute atomic E-state index is 0.0387. The standard InChI is InChI=1S/C13H19N3O3/c1-17-13-11(9-5-3-7-19-9)15-10(12(14)16-13)8-4-2-6-18-8/h8-9H,2-7H2,1H3,(H2,14,16). The molecule has 104 valence electrons. The van der Waals surface area contributed by atoms with E-state index in [1.165, 1.54) is 0 Å². The summed E-state index contributed by atoms with van der Waals surface area (Å²) >= 11 is 0. The van der Waals surface area contributed by atoms with Gasteiger partial charge in [-0.2, -0.15) is 4.98 Å². The van der Waals surface area contributed by atoms with E-state index in [4.69, 9.17) is 19.9 Å². The predicted octanol–water partition coefficient (Wildman–Crippen LogP) is 1.77. The molecule has 3 rings (SSSR count). The van der Waals surface area contributed by atoms with Gasteiger partial charge in [0.1, 0.15) is 23.6 Å². The Balaban J connectivity index is 1.98. The van der Waals surface area contributed by atoms with E-state index in [-0.39, 0.29) is 12.2 Å². The van der Waals surface area contributed by atoms with Crippen LogP contribution >= 0.6 is 0 Å². The van der Waals surface area contributed by atoms with Crippen molar-refractivity contribution < 1.29 is 14.2 Å². The number of nitrogens with two attached hydrogens (primary N) is 1. The minimum atomic E-state index is -0.0430. The maximum Gasteiger partial charge on any atom is 0.240 e. The van der Waals surface area contributed by atoms with E-state index in [9.17, 15) is 0 Å². The molecule has 2 fully saturated rings. The van der Waals surface area contributed by atoms with E-state index in [2.05, 4.69) is 9.97 Å². The lowest BCUT2D eigenvalue weighted by Gasteiger charge is -2.17. The molecule has 6 heteroatoms. The first kappa shape index (κ1) is 12.6. The van der Waals surface area contributed by atoms with Gasteiger partial charge in [0, 0.05) is 13.2 Å². The van der Waals surface area contributed by atoms with E-state index in [1.54, 1.807) is 7.11 Å². The largest absolute Gasteiger partial charge is 0.480 e. The van der Waals surface area contributed by atoms with Crippen LogP contribution < -0.4 is 10.5 Å². The maximum absolute atomic E-state index is 5.97. The summed E-state index contributed by atoms with van der Waals surface area (Å²) in [5.41, 5.74) is 7.45. The smallest absolute Gasteiger partial charge is 0.240 e. The fourth-order valence-corrected chi connectivity index (χ4v) is 2.64. The van der Waals surface area contributed by atoms with Gasteiger partial charge in [0.25, 0.3) is 0 Å². The number of ether oxygens (including phenoxy) is 3. The highest BCUT2D eigenvalue weighted by molar-refractivity contribution is 5.41. The van der Waals surface area contributed by atoms with Crippen molar-refractivity contribution >= 4 is 5.82 Å². The Morgan fingerprint density at radius 1 is 1.05 bits per heavy atom. The number of nitrogens with zero attached hydrogens (tertiary/aromatic N) is 2. The van der Waals surface area contributed by atoms with Gasteiger partial charge in [0.05, 0.1) is 7.11 Å². The molecule has 3 heterocycles. The van der Waals surface area contributed by atoms with E-state index < -0.39 is 0 Å². The summed E-state index contributed by atoms with van der Waals surface area (Å²) in [5, 5.41) is 0. The fraction of sp³-hybridized carbons (Fsp3) is 0.692. The second-order valence-electron chi connectivity index (χ2n) is 4.89. The Labute approximate surface area is 112 Å². The molecule has 0 spiro atoms. The lowest BCUT2D eigenvalue weighted by molar-refractivity contribution is 0.0979. The zero-order valence-corrected chi connectivity index (χ0v) is 11.1. The lowest BCUT2D eigenvalue weighted by atomic mass is 10.1. The summed E-state index contributed by atoms with van der Waals surface area (Å²) in [7, 11) is 1.58. The van der Waals surface area contributed by atoms with E-state index in [0.29, 0.717) is 11.7 Å². The molecule has 2 aliphatic rings. The Bertz CT molecular complexity index is 455. The molecule has 6 nitrogen and oxygen atoms in total. The van der Waals surface area contributed by atoms with Crippen molar-refractivity contribution in [3.63, 3.8) is 0 Å². The van der Waals surface area contributed by atoms with Gasteiger partial charge in [-0.15, -0.1) is 0 Å². The van der Waals surface area contributed by atoms with Crippen molar-refractivity contribution in [3.05, 3.63) is 11.4 Å². The molecule has 2 unspecified atom stereocenters. The summed E-state index contributed by atoms with van der Waals surface area (Å²) in [6, 6.07) is 0. The van der Waals surface area contributed by atoms with Crippen LogP contribution in [-0.4, -0.2) is 30.3 Å². The monoisotopic (exact) mass is 265 g/mol. The van der Waals surface area contributed by atoms with E-state index >= 15 is 0 Å². The summed E-state index contributed by atoms with van der Waals surface area (Å²) in [6.07, 6.45) is 3.87. The molecular formula is C13H19N3O3. The van der Waals surface area contributed by atoms with Crippen LogP contribution in [0.2, 0.25) is 0 Å². The zero-order valence-electron chi connectivity index (χ0n) is 11.1.